The summed E-state index contributed by atoms with van der Waals surface area (Å²) in [4.78, 5) is 39.6. The van der Waals surface area contributed by atoms with Gasteiger partial charge in [0.15, 0.2) is 0 Å². The first-order chi connectivity index (χ1) is 15.8. The Morgan fingerprint density at radius 2 is 1.79 bits per heavy atom. The lowest BCUT2D eigenvalue weighted by molar-refractivity contribution is -0.137. The van der Waals surface area contributed by atoms with Crippen LogP contribution < -0.4 is 10.6 Å². The SMILES string of the molecule is CC(C)C(=O)C[C@@H]1C[C@H](N(C)C(C)C)CC[C@@H]1NC(=O)CNC(=O)c1cccc(C(F)(F)F)c1. The number of carbonyl (C=O) groups excluding carboxylic acids is 3. The third-order valence-corrected chi connectivity index (χ3v) is 6.66. The Morgan fingerprint density at radius 3 is 2.38 bits per heavy atom. The summed E-state index contributed by atoms with van der Waals surface area (Å²) in [5.74, 6) is -1.14. The molecule has 0 radical (unpaired) electrons. The number of hydrogen-bond donors (Lipinski definition) is 2. The van der Waals surface area contributed by atoms with Gasteiger partial charge in [0.25, 0.3) is 5.91 Å². The first kappa shape index (κ1) is 27.8. The van der Waals surface area contributed by atoms with Crippen molar-refractivity contribution in [2.45, 2.75) is 77.7 Å². The highest BCUT2D eigenvalue weighted by atomic mass is 19.4. The molecule has 1 aliphatic rings. The van der Waals surface area contributed by atoms with Gasteiger partial charge in [0.2, 0.25) is 5.91 Å². The first-order valence-electron chi connectivity index (χ1n) is 11.8. The number of alkyl halides is 3. The van der Waals surface area contributed by atoms with Crippen LogP contribution in [-0.4, -0.2) is 54.2 Å². The number of halogens is 3. The molecule has 0 bridgehead atoms. The van der Waals surface area contributed by atoms with Crippen molar-refractivity contribution in [3.8, 4) is 0 Å². The summed E-state index contributed by atoms with van der Waals surface area (Å²) in [6.45, 7) is 7.61. The summed E-state index contributed by atoms with van der Waals surface area (Å²) in [5, 5.41) is 5.33. The van der Waals surface area contributed by atoms with Crippen molar-refractivity contribution >= 4 is 17.6 Å². The van der Waals surface area contributed by atoms with E-state index >= 15 is 0 Å². The van der Waals surface area contributed by atoms with Crippen LogP contribution >= 0.6 is 0 Å². The van der Waals surface area contributed by atoms with Crippen molar-refractivity contribution in [2.75, 3.05) is 13.6 Å². The van der Waals surface area contributed by atoms with E-state index in [2.05, 4.69) is 36.4 Å². The zero-order valence-electron chi connectivity index (χ0n) is 20.5. The Morgan fingerprint density at radius 1 is 1.12 bits per heavy atom. The fraction of sp³-hybridized carbons (Fsp3) is 0.640. The highest BCUT2D eigenvalue weighted by molar-refractivity contribution is 5.96. The third kappa shape index (κ3) is 7.82. The molecule has 3 atom stereocenters. The van der Waals surface area contributed by atoms with Gasteiger partial charge in [-0.2, -0.15) is 13.2 Å². The predicted octanol–water partition coefficient (Wildman–Crippen LogP) is 4.04. The van der Waals surface area contributed by atoms with E-state index in [1.165, 1.54) is 6.07 Å². The van der Waals surface area contributed by atoms with E-state index in [1.54, 1.807) is 0 Å². The van der Waals surface area contributed by atoms with Crippen LogP contribution in [-0.2, 0) is 15.8 Å². The summed E-state index contributed by atoms with van der Waals surface area (Å²) < 4.78 is 38.6. The van der Waals surface area contributed by atoms with Crippen molar-refractivity contribution in [3.63, 3.8) is 0 Å². The van der Waals surface area contributed by atoms with Crippen molar-refractivity contribution in [1.82, 2.24) is 15.5 Å². The molecule has 9 heteroatoms. The Kier molecular flexibility index (Phi) is 9.67. The fourth-order valence-corrected chi connectivity index (χ4v) is 4.30. The molecule has 2 amide bonds. The van der Waals surface area contributed by atoms with E-state index in [-0.39, 0.29) is 35.8 Å². The van der Waals surface area contributed by atoms with Gasteiger partial charge in [-0.15, -0.1) is 0 Å². The topological polar surface area (TPSA) is 78.5 Å². The second-order valence-electron chi connectivity index (χ2n) is 9.75. The zero-order valence-corrected chi connectivity index (χ0v) is 20.5. The Balaban J connectivity index is 1.99. The first-order valence-corrected chi connectivity index (χ1v) is 11.8. The van der Waals surface area contributed by atoms with Gasteiger partial charge in [-0.05, 0) is 64.3 Å². The average molecular weight is 484 g/mol. The van der Waals surface area contributed by atoms with Gasteiger partial charge in [0.05, 0.1) is 12.1 Å². The molecule has 6 nitrogen and oxygen atoms in total. The van der Waals surface area contributed by atoms with E-state index in [1.807, 2.05) is 13.8 Å². The van der Waals surface area contributed by atoms with Crippen molar-refractivity contribution < 1.29 is 27.6 Å². The number of Topliss-reactive ketones (excluding diaryl/α,β-unsaturated/α-hetero) is 1. The highest BCUT2D eigenvalue weighted by Gasteiger charge is 2.35. The maximum Gasteiger partial charge on any atom is 0.416 e. The molecule has 34 heavy (non-hydrogen) atoms. The van der Waals surface area contributed by atoms with Crippen molar-refractivity contribution in [3.05, 3.63) is 35.4 Å². The molecule has 0 aromatic heterocycles. The van der Waals surface area contributed by atoms with Crippen LogP contribution in [0.25, 0.3) is 0 Å². The van der Waals surface area contributed by atoms with Crippen LogP contribution in [0.4, 0.5) is 13.2 Å². The molecule has 1 aromatic rings. The Bertz CT molecular complexity index is 870. The standard InChI is InChI=1S/C25H36F3N3O3/c1-15(2)22(32)13-18-12-20(31(5)16(3)4)9-10-21(18)30-23(33)14-29-24(34)17-7-6-8-19(11-17)25(26,27)28/h6-8,11,15-16,18,20-21H,9-10,12-14H2,1-5H3,(H,29,34)(H,30,33)/t18-,20+,21-/m0/s1. The lowest BCUT2D eigenvalue weighted by Crippen LogP contribution is -2.51. The number of amides is 2. The molecular formula is C25H36F3N3O3. The number of nitrogens with one attached hydrogen (secondary N) is 2. The molecule has 2 rings (SSSR count). The Hall–Kier alpha value is -2.42. The summed E-state index contributed by atoms with van der Waals surface area (Å²) in [6.07, 6.45) is -1.80. The minimum absolute atomic E-state index is 0.0158. The normalized spacial score (nSPS) is 21.1. The number of ketones is 1. The van der Waals surface area contributed by atoms with Crippen LogP contribution in [0.3, 0.4) is 0 Å². The maximum absolute atomic E-state index is 12.9. The number of hydrogen-bond acceptors (Lipinski definition) is 4. The predicted molar refractivity (Wildman–Crippen MR) is 124 cm³/mol. The van der Waals surface area contributed by atoms with Crippen LogP contribution in [0.1, 0.15) is 69.3 Å². The van der Waals surface area contributed by atoms with Crippen LogP contribution in [0.2, 0.25) is 0 Å². The van der Waals surface area contributed by atoms with Gasteiger partial charge >= 0.3 is 6.18 Å². The number of rotatable bonds is 9. The molecule has 190 valence electrons. The smallest absolute Gasteiger partial charge is 0.352 e. The van der Waals surface area contributed by atoms with E-state index < -0.39 is 23.6 Å². The van der Waals surface area contributed by atoms with Crippen molar-refractivity contribution in [2.24, 2.45) is 11.8 Å². The molecule has 1 aliphatic carbocycles. The second kappa shape index (κ2) is 11.8. The molecule has 0 heterocycles. The minimum Gasteiger partial charge on any atom is -0.352 e. The Labute approximate surface area is 199 Å². The average Bonchev–Trinajstić information content (AvgIpc) is 2.77. The van der Waals surface area contributed by atoms with Crippen LogP contribution in [0.5, 0.6) is 0 Å². The number of carbonyl (C=O) groups is 3. The van der Waals surface area contributed by atoms with Gasteiger partial charge in [-0.25, -0.2) is 0 Å². The minimum atomic E-state index is -4.56. The largest absolute Gasteiger partial charge is 0.416 e. The highest BCUT2D eigenvalue weighted by Crippen LogP contribution is 2.32. The summed E-state index contributed by atoms with van der Waals surface area (Å²) >= 11 is 0. The lowest BCUT2D eigenvalue weighted by atomic mass is 9.77. The molecule has 2 N–H and O–H groups in total. The molecule has 0 aliphatic heterocycles. The van der Waals surface area contributed by atoms with Gasteiger partial charge in [0.1, 0.15) is 5.78 Å². The number of benzene rings is 1. The fourth-order valence-electron chi connectivity index (χ4n) is 4.30. The maximum atomic E-state index is 12.9. The van der Waals surface area contributed by atoms with E-state index in [9.17, 15) is 27.6 Å². The molecule has 1 saturated carbocycles. The molecule has 0 unspecified atom stereocenters. The second-order valence-corrected chi connectivity index (χ2v) is 9.75. The van der Waals surface area contributed by atoms with E-state index in [0.717, 1.165) is 31.0 Å². The summed E-state index contributed by atoms with van der Waals surface area (Å²) in [6, 6.07) is 4.55. The van der Waals surface area contributed by atoms with Crippen LogP contribution in [0, 0.1) is 11.8 Å². The quantitative estimate of drug-likeness (QED) is 0.556. The number of nitrogens with zero attached hydrogens (tertiary/aromatic N) is 1. The van der Waals surface area contributed by atoms with Gasteiger partial charge in [-0.1, -0.05) is 19.9 Å². The molecular weight excluding hydrogens is 447 g/mol. The molecule has 0 spiro atoms. The van der Waals surface area contributed by atoms with E-state index in [4.69, 9.17) is 0 Å². The van der Waals surface area contributed by atoms with Crippen molar-refractivity contribution in [1.29, 1.82) is 0 Å². The van der Waals surface area contributed by atoms with Gasteiger partial charge < -0.3 is 15.5 Å². The molecule has 1 aromatic carbocycles. The lowest BCUT2D eigenvalue weighted by Gasteiger charge is -2.41. The zero-order chi connectivity index (χ0) is 25.6. The molecule has 1 fully saturated rings. The van der Waals surface area contributed by atoms with Gasteiger partial charge in [-0.3, -0.25) is 14.4 Å². The third-order valence-electron chi connectivity index (χ3n) is 6.66. The van der Waals surface area contributed by atoms with Gasteiger partial charge in [0, 0.05) is 36.0 Å². The molecule has 0 saturated heterocycles. The summed E-state index contributed by atoms with van der Waals surface area (Å²) in [7, 11) is 2.07. The van der Waals surface area contributed by atoms with E-state index in [0.29, 0.717) is 24.9 Å². The monoisotopic (exact) mass is 483 g/mol. The van der Waals surface area contributed by atoms with Crippen LogP contribution in [0.15, 0.2) is 24.3 Å². The summed E-state index contributed by atoms with van der Waals surface area (Å²) in [5.41, 5.74) is -1.09.